The number of nitrogens with one attached hydrogen (secondary N) is 1. The van der Waals surface area contributed by atoms with Gasteiger partial charge in [0.05, 0.1) is 6.67 Å². The standard InChI is InChI=1S/C26H29FN4O3/c27-20-9-11-21(12-10-20)28-23(32)17-30-18-31(22-7-2-1-3-8-22)26(25(30)34)13-15-29(16-14-26)24(33)19-5-4-6-19/h1-3,7-12,19H,4-6,13-18H2,(H,28,32). The van der Waals surface area contributed by atoms with Crippen molar-refractivity contribution in [1.82, 2.24) is 9.80 Å². The smallest absolute Gasteiger partial charge is 0.250 e. The van der Waals surface area contributed by atoms with Gasteiger partial charge in [0.15, 0.2) is 0 Å². The first-order valence-electron chi connectivity index (χ1n) is 11.9. The van der Waals surface area contributed by atoms with Crippen LogP contribution in [0.1, 0.15) is 32.1 Å². The molecule has 0 unspecified atom stereocenters. The van der Waals surface area contributed by atoms with Crippen LogP contribution in [-0.2, 0) is 14.4 Å². The molecule has 0 radical (unpaired) electrons. The molecule has 178 valence electrons. The Morgan fingerprint density at radius 1 is 1.00 bits per heavy atom. The Bertz CT molecular complexity index is 1060. The third-order valence-electron chi connectivity index (χ3n) is 7.40. The largest absolute Gasteiger partial charge is 0.342 e. The number of hydrogen-bond acceptors (Lipinski definition) is 4. The molecule has 1 aliphatic carbocycles. The van der Waals surface area contributed by atoms with E-state index in [-0.39, 0.29) is 36.0 Å². The van der Waals surface area contributed by atoms with Crippen LogP contribution < -0.4 is 10.2 Å². The summed E-state index contributed by atoms with van der Waals surface area (Å²) >= 11 is 0. The SMILES string of the molecule is O=C(CN1CN(c2ccccc2)C2(CCN(C(=O)C3CCC3)CC2)C1=O)Nc1ccc(F)cc1. The summed E-state index contributed by atoms with van der Waals surface area (Å²) in [6, 6.07) is 15.3. The number of benzene rings is 2. The second kappa shape index (κ2) is 9.08. The maximum absolute atomic E-state index is 13.7. The van der Waals surface area contributed by atoms with Gasteiger partial charge in [-0.1, -0.05) is 24.6 Å². The minimum Gasteiger partial charge on any atom is -0.342 e. The zero-order chi connectivity index (χ0) is 23.7. The highest BCUT2D eigenvalue weighted by atomic mass is 19.1. The van der Waals surface area contributed by atoms with Crippen LogP contribution in [0.2, 0.25) is 0 Å². The maximum atomic E-state index is 13.7. The quantitative estimate of drug-likeness (QED) is 0.738. The number of halogens is 1. The van der Waals surface area contributed by atoms with E-state index in [2.05, 4.69) is 10.2 Å². The van der Waals surface area contributed by atoms with Crippen LogP contribution in [0.25, 0.3) is 0 Å². The Kier molecular flexibility index (Phi) is 5.98. The molecule has 3 aliphatic rings. The minimum absolute atomic E-state index is 0.0821. The van der Waals surface area contributed by atoms with Gasteiger partial charge in [-0.05, 0) is 62.1 Å². The van der Waals surface area contributed by atoms with E-state index in [0.29, 0.717) is 38.3 Å². The molecule has 0 atom stereocenters. The average Bonchev–Trinajstić information content (AvgIpc) is 3.06. The van der Waals surface area contributed by atoms with Crippen LogP contribution in [0.15, 0.2) is 54.6 Å². The first-order valence-corrected chi connectivity index (χ1v) is 11.9. The third kappa shape index (κ3) is 4.13. The van der Waals surface area contributed by atoms with Crippen molar-refractivity contribution in [2.24, 2.45) is 5.92 Å². The van der Waals surface area contributed by atoms with E-state index in [4.69, 9.17) is 0 Å². The monoisotopic (exact) mass is 464 g/mol. The lowest BCUT2D eigenvalue weighted by Crippen LogP contribution is -2.58. The molecule has 3 amide bonds. The molecule has 1 spiro atoms. The Morgan fingerprint density at radius 3 is 2.29 bits per heavy atom. The van der Waals surface area contributed by atoms with E-state index < -0.39 is 5.54 Å². The topological polar surface area (TPSA) is 73.0 Å². The zero-order valence-electron chi connectivity index (χ0n) is 19.1. The van der Waals surface area contributed by atoms with E-state index in [9.17, 15) is 18.8 Å². The second-order valence-electron chi connectivity index (χ2n) is 9.45. The predicted octanol–water partition coefficient (Wildman–Crippen LogP) is 3.23. The van der Waals surface area contributed by atoms with Crippen molar-refractivity contribution >= 4 is 29.1 Å². The lowest BCUT2D eigenvalue weighted by molar-refractivity contribution is -0.143. The number of amides is 3. The van der Waals surface area contributed by atoms with Gasteiger partial charge in [-0.2, -0.15) is 0 Å². The predicted molar refractivity (Wildman–Crippen MR) is 126 cm³/mol. The summed E-state index contributed by atoms with van der Waals surface area (Å²) < 4.78 is 13.2. The number of carbonyl (C=O) groups is 3. The summed E-state index contributed by atoms with van der Waals surface area (Å²) in [5.74, 6) is -0.433. The van der Waals surface area contributed by atoms with Crippen LogP contribution in [0, 0.1) is 11.7 Å². The maximum Gasteiger partial charge on any atom is 0.250 e. The first-order chi connectivity index (χ1) is 16.5. The normalized spacial score (nSPS) is 19.9. The van der Waals surface area contributed by atoms with E-state index >= 15 is 0 Å². The van der Waals surface area contributed by atoms with Crippen molar-refractivity contribution in [2.75, 3.05) is 36.5 Å². The van der Waals surface area contributed by atoms with Crippen molar-refractivity contribution < 1.29 is 18.8 Å². The number of para-hydroxylation sites is 1. The summed E-state index contributed by atoms with van der Waals surface area (Å²) in [5.41, 5.74) is 0.639. The van der Waals surface area contributed by atoms with Crippen molar-refractivity contribution in [3.05, 3.63) is 60.4 Å². The number of nitrogens with zero attached hydrogens (tertiary/aromatic N) is 3. The molecule has 2 aliphatic heterocycles. The minimum atomic E-state index is -0.770. The molecule has 2 aromatic carbocycles. The fourth-order valence-corrected chi connectivity index (χ4v) is 5.24. The second-order valence-corrected chi connectivity index (χ2v) is 9.45. The Hall–Kier alpha value is -3.42. The number of carbonyl (C=O) groups excluding carboxylic acids is 3. The molecule has 1 saturated carbocycles. The van der Waals surface area contributed by atoms with Gasteiger partial charge in [0.2, 0.25) is 11.8 Å². The zero-order valence-corrected chi connectivity index (χ0v) is 19.1. The molecule has 8 heteroatoms. The van der Waals surface area contributed by atoms with Gasteiger partial charge >= 0.3 is 0 Å². The van der Waals surface area contributed by atoms with Crippen molar-refractivity contribution in [2.45, 2.75) is 37.6 Å². The molecule has 34 heavy (non-hydrogen) atoms. The Morgan fingerprint density at radius 2 is 1.68 bits per heavy atom. The Labute approximate surface area is 198 Å². The Balaban J connectivity index is 1.32. The van der Waals surface area contributed by atoms with Gasteiger partial charge in [-0.3, -0.25) is 14.4 Å². The molecular weight excluding hydrogens is 435 g/mol. The molecule has 5 rings (SSSR count). The lowest BCUT2D eigenvalue weighted by atomic mass is 9.81. The molecule has 2 heterocycles. The van der Waals surface area contributed by atoms with Crippen LogP contribution in [0.4, 0.5) is 15.8 Å². The summed E-state index contributed by atoms with van der Waals surface area (Å²) in [4.78, 5) is 44.8. The van der Waals surface area contributed by atoms with E-state index in [1.165, 1.54) is 24.3 Å². The van der Waals surface area contributed by atoms with Crippen LogP contribution >= 0.6 is 0 Å². The van der Waals surface area contributed by atoms with E-state index in [0.717, 1.165) is 24.9 Å². The van der Waals surface area contributed by atoms with Crippen LogP contribution in [0.5, 0.6) is 0 Å². The molecule has 2 aromatic rings. The number of rotatable bonds is 5. The first kappa shape index (κ1) is 22.4. The molecular formula is C26H29FN4O3. The van der Waals surface area contributed by atoms with Crippen molar-refractivity contribution in [3.63, 3.8) is 0 Å². The highest BCUT2D eigenvalue weighted by Crippen LogP contribution is 2.40. The van der Waals surface area contributed by atoms with Gasteiger partial charge in [-0.15, -0.1) is 0 Å². The van der Waals surface area contributed by atoms with Gasteiger partial charge in [0, 0.05) is 30.4 Å². The summed E-state index contributed by atoms with van der Waals surface area (Å²) in [5, 5.41) is 2.74. The summed E-state index contributed by atoms with van der Waals surface area (Å²) in [6.45, 7) is 1.29. The van der Waals surface area contributed by atoms with Crippen molar-refractivity contribution in [3.8, 4) is 0 Å². The molecule has 0 bridgehead atoms. The molecule has 1 N–H and O–H groups in total. The number of likely N-dealkylation sites (tertiary alicyclic amines) is 1. The van der Waals surface area contributed by atoms with E-state index in [1.807, 2.05) is 35.2 Å². The lowest BCUT2D eigenvalue weighted by Gasteiger charge is -2.44. The average molecular weight is 465 g/mol. The van der Waals surface area contributed by atoms with Crippen LogP contribution in [-0.4, -0.2) is 59.4 Å². The summed E-state index contributed by atoms with van der Waals surface area (Å²) in [7, 11) is 0. The number of piperidine rings is 1. The van der Waals surface area contributed by atoms with Gasteiger partial charge in [0.25, 0.3) is 5.91 Å². The fraction of sp³-hybridized carbons (Fsp3) is 0.423. The van der Waals surface area contributed by atoms with E-state index in [1.54, 1.807) is 4.90 Å². The molecule has 2 saturated heterocycles. The van der Waals surface area contributed by atoms with Crippen molar-refractivity contribution in [1.29, 1.82) is 0 Å². The number of hydrogen-bond donors (Lipinski definition) is 1. The highest BCUT2D eigenvalue weighted by Gasteiger charge is 2.54. The number of anilines is 2. The fourth-order valence-electron chi connectivity index (χ4n) is 5.24. The third-order valence-corrected chi connectivity index (χ3v) is 7.40. The molecule has 7 nitrogen and oxygen atoms in total. The van der Waals surface area contributed by atoms with Gasteiger partial charge in [0.1, 0.15) is 17.9 Å². The van der Waals surface area contributed by atoms with Crippen LogP contribution in [0.3, 0.4) is 0 Å². The highest BCUT2D eigenvalue weighted by molar-refractivity contribution is 5.99. The summed E-state index contributed by atoms with van der Waals surface area (Å²) in [6.07, 6.45) is 4.12. The molecule has 0 aromatic heterocycles. The van der Waals surface area contributed by atoms with Gasteiger partial charge in [-0.25, -0.2) is 4.39 Å². The molecule has 3 fully saturated rings. The van der Waals surface area contributed by atoms with Gasteiger partial charge < -0.3 is 20.0 Å².